The molecule has 0 spiro atoms. The molecule has 1 fully saturated rings. The van der Waals surface area contributed by atoms with Gasteiger partial charge in [0.25, 0.3) is 0 Å². The van der Waals surface area contributed by atoms with Crippen molar-refractivity contribution in [2.75, 3.05) is 6.26 Å². The lowest BCUT2D eigenvalue weighted by Gasteiger charge is -1.99. The molecule has 0 heterocycles. The van der Waals surface area contributed by atoms with Gasteiger partial charge in [-0.15, -0.1) is 0 Å². The summed E-state index contributed by atoms with van der Waals surface area (Å²) in [4.78, 5) is 11.1. The number of hydrogen-bond donors (Lipinski definition) is 0. The minimum Gasteiger partial charge on any atom is -0.302 e. The number of sulfone groups is 1. The van der Waals surface area contributed by atoms with Gasteiger partial charge in [-0.2, -0.15) is 5.26 Å². The van der Waals surface area contributed by atoms with Crippen LogP contribution < -0.4 is 0 Å². The third kappa shape index (κ3) is 1.71. The first-order chi connectivity index (χ1) is 8.36. The van der Waals surface area contributed by atoms with Crippen molar-refractivity contribution in [3.8, 4) is 6.07 Å². The molecular weight excluding hydrogens is 257 g/mol. The highest BCUT2D eigenvalue weighted by Crippen LogP contribution is 2.61. The first-order valence-electron chi connectivity index (χ1n) is 5.18. The van der Waals surface area contributed by atoms with Crippen molar-refractivity contribution >= 4 is 16.1 Å². The van der Waals surface area contributed by atoms with Gasteiger partial charge in [0.05, 0.1) is 11.3 Å². The number of hydrogen-bond acceptors (Lipinski definition) is 4. The summed E-state index contributed by atoms with van der Waals surface area (Å²) in [5.74, 6) is -1.31. The first kappa shape index (κ1) is 12.7. The molecule has 0 bridgehead atoms. The highest BCUT2D eigenvalue weighted by atomic mass is 32.2. The summed E-state index contributed by atoms with van der Waals surface area (Å²) >= 11 is 0. The summed E-state index contributed by atoms with van der Waals surface area (Å²) in [5.41, 5.74) is -1.22. The van der Waals surface area contributed by atoms with E-state index in [2.05, 4.69) is 0 Å². The predicted octanol–water partition coefficient (Wildman–Crippen LogP) is 1.04. The van der Waals surface area contributed by atoms with Crippen LogP contribution in [-0.2, 0) is 14.6 Å². The van der Waals surface area contributed by atoms with E-state index in [1.54, 1.807) is 6.07 Å². The number of aldehydes is 1. The van der Waals surface area contributed by atoms with Crippen LogP contribution in [0.3, 0.4) is 0 Å². The van der Waals surface area contributed by atoms with Crippen molar-refractivity contribution in [3.63, 3.8) is 0 Å². The number of halogens is 1. The Morgan fingerprint density at radius 3 is 2.56 bits per heavy atom. The lowest BCUT2D eigenvalue weighted by molar-refractivity contribution is -0.110. The topological polar surface area (TPSA) is 75.0 Å². The molecule has 4 nitrogen and oxygen atoms in total. The molecule has 0 aliphatic heterocycles. The van der Waals surface area contributed by atoms with Crippen LogP contribution in [-0.4, -0.2) is 26.2 Å². The van der Waals surface area contributed by atoms with Gasteiger partial charge in [-0.1, -0.05) is 12.1 Å². The second-order valence-corrected chi connectivity index (χ2v) is 6.61. The predicted molar refractivity (Wildman–Crippen MR) is 61.9 cm³/mol. The molecule has 0 aromatic heterocycles. The van der Waals surface area contributed by atoms with E-state index in [9.17, 15) is 17.6 Å². The Kier molecular flexibility index (Phi) is 2.74. The lowest BCUT2D eigenvalue weighted by Crippen LogP contribution is -2.14. The second kappa shape index (κ2) is 3.89. The Bertz CT molecular complexity index is 650. The van der Waals surface area contributed by atoms with E-state index in [0.717, 1.165) is 12.3 Å². The van der Waals surface area contributed by atoms with E-state index >= 15 is 0 Å². The largest absolute Gasteiger partial charge is 0.302 e. The summed E-state index contributed by atoms with van der Waals surface area (Å²) in [7, 11) is -3.55. The highest BCUT2D eigenvalue weighted by Gasteiger charge is 2.71. The minimum absolute atomic E-state index is 0.355. The van der Waals surface area contributed by atoms with Crippen LogP contribution in [0.1, 0.15) is 11.5 Å². The summed E-state index contributed by atoms with van der Waals surface area (Å²) in [5, 5.41) is 7.96. The summed E-state index contributed by atoms with van der Waals surface area (Å²) in [6.45, 7) is 0. The number of nitriles is 1. The molecule has 3 atom stereocenters. The van der Waals surface area contributed by atoms with Crippen LogP contribution in [0.25, 0.3) is 0 Å². The van der Waals surface area contributed by atoms with E-state index in [1.165, 1.54) is 18.2 Å². The molecule has 0 amide bonds. The van der Waals surface area contributed by atoms with Gasteiger partial charge >= 0.3 is 0 Å². The average Bonchev–Trinajstić information content (AvgIpc) is 2.98. The van der Waals surface area contributed by atoms with Gasteiger partial charge in [0, 0.05) is 12.2 Å². The molecule has 0 unspecified atom stereocenters. The molecule has 6 heteroatoms. The summed E-state index contributed by atoms with van der Waals surface area (Å²) < 4.78 is 36.3. The molecule has 0 radical (unpaired) electrons. The van der Waals surface area contributed by atoms with Gasteiger partial charge in [-0.05, 0) is 17.7 Å². The molecule has 1 aromatic carbocycles. The standard InChI is InChI=1S/C12H10FNO3S/c1-18(16,17)11-10(12(11,6-14)7-15)8-3-2-4-9(13)5-8/h2-5,7,10-11H,1H3/t10-,11+,12-/m0/s1. The lowest BCUT2D eigenvalue weighted by atomic mass is 10.0. The molecule has 1 aliphatic carbocycles. The fourth-order valence-electron chi connectivity index (χ4n) is 2.43. The Balaban J connectivity index is 2.52. The number of rotatable bonds is 3. The van der Waals surface area contributed by atoms with Gasteiger partial charge in [0.2, 0.25) is 0 Å². The number of carbonyl (C=O) groups excluding carboxylic acids is 1. The third-order valence-corrected chi connectivity index (χ3v) is 4.82. The van der Waals surface area contributed by atoms with E-state index < -0.39 is 32.2 Å². The zero-order chi connectivity index (χ0) is 13.6. The fraction of sp³-hybridized carbons (Fsp3) is 0.333. The maximum Gasteiger partial charge on any atom is 0.153 e. The molecule has 1 saturated carbocycles. The van der Waals surface area contributed by atoms with E-state index in [4.69, 9.17) is 5.26 Å². The van der Waals surface area contributed by atoms with Gasteiger partial charge in [0.1, 0.15) is 17.5 Å². The molecule has 1 aliphatic rings. The van der Waals surface area contributed by atoms with Gasteiger partial charge in [-0.3, -0.25) is 0 Å². The Morgan fingerprint density at radius 2 is 2.17 bits per heavy atom. The van der Waals surface area contributed by atoms with Gasteiger partial charge < -0.3 is 4.79 Å². The highest BCUT2D eigenvalue weighted by molar-refractivity contribution is 7.91. The fourth-order valence-corrected chi connectivity index (χ4v) is 4.19. The molecule has 2 rings (SSSR count). The van der Waals surface area contributed by atoms with E-state index in [1.807, 2.05) is 0 Å². The zero-order valence-electron chi connectivity index (χ0n) is 9.50. The maximum absolute atomic E-state index is 13.1. The quantitative estimate of drug-likeness (QED) is 0.767. The number of benzene rings is 1. The monoisotopic (exact) mass is 267 g/mol. The normalized spacial score (nSPS) is 30.5. The zero-order valence-corrected chi connectivity index (χ0v) is 10.3. The third-order valence-electron chi connectivity index (χ3n) is 3.24. The van der Waals surface area contributed by atoms with Crippen molar-refractivity contribution in [3.05, 3.63) is 35.6 Å². The molecular formula is C12H10FNO3S. The molecule has 18 heavy (non-hydrogen) atoms. The van der Waals surface area contributed by atoms with E-state index in [-0.39, 0.29) is 0 Å². The Labute approximate surface area is 104 Å². The van der Waals surface area contributed by atoms with Crippen molar-refractivity contribution < 1.29 is 17.6 Å². The number of carbonyl (C=O) groups is 1. The van der Waals surface area contributed by atoms with Crippen LogP contribution in [0.5, 0.6) is 0 Å². The molecule has 1 aromatic rings. The Hall–Kier alpha value is -1.74. The van der Waals surface area contributed by atoms with Gasteiger partial charge in [-0.25, -0.2) is 12.8 Å². The average molecular weight is 267 g/mol. The van der Waals surface area contributed by atoms with Crippen LogP contribution in [0.2, 0.25) is 0 Å². The van der Waals surface area contributed by atoms with Crippen molar-refractivity contribution in [2.45, 2.75) is 11.2 Å². The van der Waals surface area contributed by atoms with Crippen LogP contribution >= 0.6 is 0 Å². The van der Waals surface area contributed by atoms with Crippen molar-refractivity contribution in [1.29, 1.82) is 5.26 Å². The molecule has 0 saturated heterocycles. The molecule has 94 valence electrons. The van der Waals surface area contributed by atoms with Crippen molar-refractivity contribution in [2.24, 2.45) is 5.41 Å². The molecule has 0 N–H and O–H groups in total. The van der Waals surface area contributed by atoms with Crippen molar-refractivity contribution in [1.82, 2.24) is 0 Å². The van der Waals surface area contributed by atoms with Crippen LogP contribution in [0.4, 0.5) is 4.39 Å². The maximum atomic E-state index is 13.1. The number of nitrogens with zero attached hydrogens (tertiary/aromatic N) is 1. The van der Waals surface area contributed by atoms with Gasteiger partial charge in [0.15, 0.2) is 9.84 Å². The first-order valence-corrected chi connectivity index (χ1v) is 7.14. The SMILES string of the molecule is CS(=O)(=O)[C@@H]1[C@H](c2cccc(F)c2)[C@]1(C#N)C=O. The second-order valence-electron chi connectivity index (χ2n) is 4.45. The minimum atomic E-state index is -3.55. The summed E-state index contributed by atoms with van der Waals surface area (Å²) in [6, 6.07) is 7.08. The smallest absolute Gasteiger partial charge is 0.153 e. The Morgan fingerprint density at radius 1 is 1.50 bits per heavy atom. The van der Waals surface area contributed by atoms with Crippen LogP contribution in [0, 0.1) is 22.6 Å². The van der Waals surface area contributed by atoms with Crippen LogP contribution in [0.15, 0.2) is 24.3 Å². The van der Waals surface area contributed by atoms with E-state index in [0.29, 0.717) is 11.8 Å². The summed E-state index contributed by atoms with van der Waals surface area (Å²) in [6.07, 6.45) is 1.33.